The fourth-order valence-electron chi connectivity index (χ4n) is 4.46. The van der Waals surface area contributed by atoms with E-state index in [1.54, 1.807) is 0 Å². The molecule has 0 atom stereocenters. The van der Waals surface area contributed by atoms with Gasteiger partial charge in [0.05, 0.1) is 26.2 Å². The number of quaternary nitrogens is 1. The lowest BCUT2D eigenvalue weighted by atomic mass is 10.0. The highest BCUT2D eigenvalue weighted by molar-refractivity contribution is 5.93. The van der Waals surface area contributed by atoms with Crippen LogP contribution in [0.25, 0.3) is 0 Å². The van der Waals surface area contributed by atoms with Crippen molar-refractivity contribution in [3.63, 3.8) is 0 Å². The molecule has 1 saturated carbocycles. The minimum absolute atomic E-state index is 0.0587. The van der Waals surface area contributed by atoms with E-state index < -0.39 is 0 Å². The minimum atomic E-state index is 0.0587. The Kier molecular flexibility index (Phi) is 6.89. The van der Waals surface area contributed by atoms with Crippen LogP contribution in [-0.4, -0.2) is 49.4 Å². The number of benzene rings is 1. The minimum Gasteiger partial charge on any atom is -0.331 e. The number of para-hydroxylation sites is 1. The summed E-state index contributed by atoms with van der Waals surface area (Å²) in [5.41, 5.74) is 3.12. The summed E-state index contributed by atoms with van der Waals surface area (Å²) in [7, 11) is 0. The Morgan fingerprint density at radius 2 is 1.74 bits per heavy atom. The lowest BCUT2D eigenvalue weighted by Crippen LogP contribution is -3.15. The first-order chi connectivity index (χ1) is 13.0. The molecule has 5 nitrogen and oxygen atoms in total. The average molecular weight is 373 g/mol. The molecular formula is C22H34N3O2+. The molecule has 3 rings (SSSR count). The van der Waals surface area contributed by atoms with Gasteiger partial charge in [-0.15, -0.1) is 0 Å². The van der Waals surface area contributed by atoms with Crippen LogP contribution in [0.15, 0.2) is 18.2 Å². The van der Waals surface area contributed by atoms with Crippen LogP contribution in [0.4, 0.5) is 5.69 Å². The molecule has 2 fully saturated rings. The zero-order valence-electron chi connectivity index (χ0n) is 16.9. The number of anilines is 1. The third kappa shape index (κ3) is 5.55. The van der Waals surface area contributed by atoms with Gasteiger partial charge in [0.1, 0.15) is 0 Å². The Balaban J connectivity index is 1.39. The van der Waals surface area contributed by atoms with E-state index in [9.17, 15) is 9.59 Å². The van der Waals surface area contributed by atoms with E-state index in [-0.39, 0.29) is 5.91 Å². The highest BCUT2D eigenvalue weighted by atomic mass is 16.2. The van der Waals surface area contributed by atoms with Crippen LogP contribution in [0.3, 0.4) is 0 Å². The van der Waals surface area contributed by atoms with Crippen molar-refractivity contribution in [2.75, 3.05) is 38.0 Å². The van der Waals surface area contributed by atoms with Crippen molar-refractivity contribution in [1.82, 2.24) is 4.90 Å². The molecule has 1 aromatic rings. The van der Waals surface area contributed by atoms with Crippen molar-refractivity contribution in [2.24, 2.45) is 5.92 Å². The van der Waals surface area contributed by atoms with Crippen molar-refractivity contribution in [1.29, 1.82) is 0 Å². The average Bonchev–Trinajstić information content (AvgIpc) is 3.17. The predicted octanol–water partition coefficient (Wildman–Crippen LogP) is 1.94. The highest BCUT2D eigenvalue weighted by Gasteiger charge is 2.26. The molecule has 148 valence electrons. The van der Waals surface area contributed by atoms with Gasteiger partial charge in [0.2, 0.25) is 5.91 Å². The van der Waals surface area contributed by atoms with Gasteiger partial charge in [0.15, 0.2) is 6.54 Å². The van der Waals surface area contributed by atoms with Crippen LogP contribution in [0, 0.1) is 19.8 Å². The molecule has 2 aliphatic rings. The van der Waals surface area contributed by atoms with Crippen molar-refractivity contribution < 1.29 is 14.5 Å². The summed E-state index contributed by atoms with van der Waals surface area (Å²) in [4.78, 5) is 28.1. The monoisotopic (exact) mass is 372 g/mol. The van der Waals surface area contributed by atoms with E-state index in [1.165, 1.54) is 30.6 Å². The topological polar surface area (TPSA) is 53.9 Å². The quantitative estimate of drug-likeness (QED) is 0.802. The van der Waals surface area contributed by atoms with Crippen molar-refractivity contribution in [3.05, 3.63) is 29.3 Å². The molecule has 2 N–H and O–H groups in total. The first-order valence-electron chi connectivity index (χ1n) is 10.5. The Morgan fingerprint density at radius 1 is 1.11 bits per heavy atom. The number of aryl methyl sites for hydroxylation is 2. The molecule has 2 amide bonds. The summed E-state index contributed by atoms with van der Waals surface area (Å²) in [6.07, 6.45) is 7.05. The lowest BCUT2D eigenvalue weighted by molar-refractivity contribution is -0.895. The smallest absolute Gasteiger partial charge is 0.279 e. The number of nitrogens with zero attached hydrogens (tertiary/aromatic N) is 1. The van der Waals surface area contributed by atoms with E-state index in [0.29, 0.717) is 18.9 Å². The first-order valence-corrected chi connectivity index (χ1v) is 10.5. The molecule has 5 heteroatoms. The molecule has 0 unspecified atom stereocenters. The summed E-state index contributed by atoms with van der Waals surface area (Å²) in [5.74, 6) is 1.14. The van der Waals surface area contributed by atoms with Crippen LogP contribution >= 0.6 is 0 Å². The van der Waals surface area contributed by atoms with Gasteiger partial charge in [0, 0.05) is 12.1 Å². The highest BCUT2D eigenvalue weighted by Crippen LogP contribution is 2.28. The normalized spacial score (nSPS) is 18.7. The molecule has 0 bridgehead atoms. The molecule has 1 aliphatic heterocycles. The maximum absolute atomic E-state index is 12.4. The molecule has 0 radical (unpaired) electrons. The molecule has 1 heterocycles. The lowest BCUT2D eigenvalue weighted by Gasteiger charge is -2.32. The van der Waals surface area contributed by atoms with Crippen molar-refractivity contribution >= 4 is 17.5 Å². The van der Waals surface area contributed by atoms with Crippen molar-refractivity contribution in [3.8, 4) is 0 Å². The SMILES string of the molecule is Cc1cccc(C)c1NC(=O)C[NH+]1CCN(C(=O)CCC2CCCC2)CC1. The number of hydrogen-bond donors (Lipinski definition) is 2. The van der Waals surface area contributed by atoms with Gasteiger partial charge in [-0.05, 0) is 37.3 Å². The summed E-state index contributed by atoms with van der Waals surface area (Å²) in [6.45, 7) is 7.77. The second-order valence-electron chi connectivity index (χ2n) is 8.31. The molecule has 27 heavy (non-hydrogen) atoms. The van der Waals surface area contributed by atoms with E-state index in [4.69, 9.17) is 0 Å². The zero-order chi connectivity index (χ0) is 19.2. The first kappa shape index (κ1) is 19.9. The standard InChI is InChI=1S/C22H33N3O2/c1-17-6-5-7-18(2)22(17)23-20(26)16-24-12-14-25(15-13-24)21(27)11-10-19-8-3-4-9-19/h5-7,19H,3-4,8-16H2,1-2H3,(H,23,26)/p+1. The number of carbonyl (C=O) groups is 2. The van der Waals surface area contributed by atoms with E-state index in [1.807, 2.05) is 36.9 Å². The largest absolute Gasteiger partial charge is 0.331 e. The third-order valence-corrected chi connectivity index (χ3v) is 6.22. The van der Waals surface area contributed by atoms with Crippen LogP contribution in [0.1, 0.15) is 49.7 Å². The van der Waals surface area contributed by atoms with Gasteiger partial charge >= 0.3 is 0 Å². The molecule has 0 aromatic heterocycles. The maximum Gasteiger partial charge on any atom is 0.279 e. The van der Waals surface area contributed by atoms with Gasteiger partial charge in [-0.25, -0.2) is 0 Å². The Hall–Kier alpha value is -1.88. The van der Waals surface area contributed by atoms with E-state index in [0.717, 1.165) is 55.3 Å². The fourth-order valence-corrected chi connectivity index (χ4v) is 4.46. The van der Waals surface area contributed by atoms with Crippen LogP contribution < -0.4 is 10.2 Å². The van der Waals surface area contributed by atoms with Crippen molar-refractivity contribution in [2.45, 2.75) is 52.4 Å². The number of rotatable bonds is 6. The number of hydrogen-bond acceptors (Lipinski definition) is 2. The van der Waals surface area contributed by atoms with Crippen LogP contribution in [0.5, 0.6) is 0 Å². The fraction of sp³-hybridized carbons (Fsp3) is 0.636. The second-order valence-corrected chi connectivity index (χ2v) is 8.31. The molecule has 1 aliphatic carbocycles. The van der Waals surface area contributed by atoms with Gasteiger partial charge < -0.3 is 15.1 Å². The third-order valence-electron chi connectivity index (χ3n) is 6.22. The summed E-state index contributed by atoms with van der Waals surface area (Å²) in [5, 5.41) is 3.07. The summed E-state index contributed by atoms with van der Waals surface area (Å²) in [6, 6.07) is 6.05. The molecule has 1 saturated heterocycles. The Morgan fingerprint density at radius 3 is 2.37 bits per heavy atom. The van der Waals surface area contributed by atoms with Gasteiger partial charge in [-0.1, -0.05) is 43.9 Å². The number of piperazine rings is 1. The summed E-state index contributed by atoms with van der Waals surface area (Å²) >= 11 is 0. The van der Waals surface area contributed by atoms with Crippen LogP contribution in [0.2, 0.25) is 0 Å². The van der Waals surface area contributed by atoms with E-state index in [2.05, 4.69) is 5.32 Å². The number of carbonyl (C=O) groups excluding carboxylic acids is 2. The van der Waals surface area contributed by atoms with Gasteiger partial charge in [0.25, 0.3) is 5.91 Å². The van der Waals surface area contributed by atoms with E-state index >= 15 is 0 Å². The zero-order valence-corrected chi connectivity index (χ0v) is 16.9. The number of nitrogens with one attached hydrogen (secondary N) is 2. The Bertz CT molecular complexity index is 639. The number of amides is 2. The summed E-state index contributed by atoms with van der Waals surface area (Å²) < 4.78 is 0. The molecular weight excluding hydrogens is 338 g/mol. The second kappa shape index (κ2) is 9.36. The Labute approximate surface area is 163 Å². The molecule has 1 aromatic carbocycles. The predicted molar refractivity (Wildman–Crippen MR) is 108 cm³/mol. The maximum atomic E-state index is 12.4. The van der Waals surface area contributed by atoms with Crippen LogP contribution in [-0.2, 0) is 9.59 Å². The van der Waals surface area contributed by atoms with Gasteiger partial charge in [-0.3, -0.25) is 9.59 Å². The molecule has 0 spiro atoms. The van der Waals surface area contributed by atoms with Gasteiger partial charge in [-0.2, -0.15) is 0 Å².